The Labute approximate surface area is 235 Å². The minimum absolute atomic E-state index is 0.0102. The second-order valence-electron chi connectivity index (χ2n) is 10.7. The minimum atomic E-state index is -0.599. The highest BCUT2D eigenvalue weighted by molar-refractivity contribution is 6.38. The third-order valence-corrected chi connectivity index (χ3v) is 8.90. The summed E-state index contributed by atoms with van der Waals surface area (Å²) in [4.78, 5) is 13.9. The first kappa shape index (κ1) is 25.1. The molecule has 0 amide bonds. The summed E-state index contributed by atoms with van der Waals surface area (Å²) in [6.45, 7) is 3.02. The summed E-state index contributed by atoms with van der Waals surface area (Å²) in [6.07, 6.45) is 3.17. The van der Waals surface area contributed by atoms with Gasteiger partial charge in [-0.2, -0.15) is 9.97 Å². The fraction of sp³-hybridized carbons (Fsp3) is 0.379. The Morgan fingerprint density at radius 3 is 2.85 bits per heavy atom. The highest BCUT2D eigenvalue weighted by atomic mass is 35.5. The van der Waals surface area contributed by atoms with Crippen LogP contribution in [0.3, 0.4) is 0 Å². The van der Waals surface area contributed by atoms with Crippen molar-refractivity contribution in [1.29, 1.82) is 0 Å². The maximum atomic E-state index is 16.7. The van der Waals surface area contributed by atoms with Crippen LogP contribution in [-0.4, -0.2) is 71.4 Å². The Morgan fingerprint density at radius 1 is 1.15 bits per heavy atom. The van der Waals surface area contributed by atoms with Crippen molar-refractivity contribution in [3.63, 3.8) is 0 Å². The first-order valence-corrected chi connectivity index (χ1v) is 14.1. The Morgan fingerprint density at radius 2 is 2.03 bits per heavy atom. The lowest BCUT2D eigenvalue weighted by Crippen LogP contribution is -2.44. The Balaban J connectivity index is 1.41. The fourth-order valence-electron chi connectivity index (χ4n) is 6.16. The van der Waals surface area contributed by atoms with Gasteiger partial charge in [-0.15, -0.1) is 0 Å². The van der Waals surface area contributed by atoms with E-state index in [1.54, 1.807) is 24.3 Å². The molecule has 3 aromatic carbocycles. The number of nitrogens with zero attached hydrogens (tertiary/aromatic N) is 4. The molecule has 202 valence electrons. The zero-order valence-corrected chi connectivity index (χ0v) is 22.9. The maximum absolute atomic E-state index is 16.7. The number of piperazine rings is 1. The van der Waals surface area contributed by atoms with Crippen LogP contribution in [0.5, 0.6) is 11.8 Å². The van der Waals surface area contributed by atoms with Crippen LogP contribution in [-0.2, 0) is 0 Å². The quantitative estimate of drug-likeness (QED) is 0.324. The van der Waals surface area contributed by atoms with E-state index in [4.69, 9.17) is 32.9 Å². The van der Waals surface area contributed by atoms with Crippen LogP contribution in [0.25, 0.3) is 32.8 Å². The zero-order valence-electron chi connectivity index (χ0n) is 21.4. The molecule has 2 unspecified atom stereocenters. The molecule has 7 nitrogen and oxygen atoms in total. The van der Waals surface area contributed by atoms with Crippen molar-refractivity contribution in [2.24, 2.45) is 0 Å². The zero-order chi connectivity index (χ0) is 26.8. The lowest BCUT2D eigenvalue weighted by atomic mass is 9.96. The van der Waals surface area contributed by atoms with E-state index in [9.17, 15) is 5.11 Å². The maximum Gasteiger partial charge on any atom is 0.319 e. The molecule has 0 spiro atoms. The van der Waals surface area contributed by atoms with Crippen molar-refractivity contribution in [3.05, 3.63) is 52.3 Å². The molecular weight excluding hydrogens is 540 g/mol. The van der Waals surface area contributed by atoms with Crippen LogP contribution >= 0.6 is 23.2 Å². The molecule has 2 aliphatic heterocycles. The number of halogens is 3. The second-order valence-corrected chi connectivity index (χ2v) is 11.6. The average molecular weight is 568 g/mol. The summed E-state index contributed by atoms with van der Waals surface area (Å²) in [6, 6.07) is 11.3. The normalized spacial score (nSPS) is 23.0. The highest BCUT2D eigenvalue weighted by Crippen LogP contribution is 2.45. The number of nitrogens with one attached hydrogen (secondary N) is 1. The van der Waals surface area contributed by atoms with Crippen molar-refractivity contribution in [2.45, 2.75) is 37.4 Å². The molecule has 10 heteroatoms. The number of hydrogen-bond acceptors (Lipinski definition) is 7. The van der Waals surface area contributed by atoms with E-state index in [1.807, 2.05) is 6.07 Å². The molecule has 7 rings (SSSR count). The van der Waals surface area contributed by atoms with Gasteiger partial charge in [0.2, 0.25) is 0 Å². The second kappa shape index (κ2) is 9.63. The van der Waals surface area contributed by atoms with Crippen LogP contribution in [0.15, 0.2) is 36.4 Å². The fourth-order valence-corrected chi connectivity index (χ4v) is 6.74. The number of fused-ring (bicyclic) bond motifs is 3. The lowest BCUT2D eigenvalue weighted by molar-refractivity contribution is 0.188. The van der Waals surface area contributed by atoms with Gasteiger partial charge >= 0.3 is 6.01 Å². The molecule has 39 heavy (non-hydrogen) atoms. The first-order valence-electron chi connectivity index (χ1n) is 13.3. The molecule has 2 saturated heterocycles. The first-order chi connectivity index (χ1) is 18.9. The molecule has 1 saturated carbocycles. The summed E-state index contributed by atoms with van der Waals surface area (Å²) in [7, 11) is 2.08. The number of phenols is 1. The van der Waals surface area contributed by atoms with E-state index in [2.05, 4.69) is 27.1 Å². The number of hydrogen-bond donors (Lipinski definition) is 2. The van der Waals surface area contributed by atoms with Gasteiger partial charge in [-0.25, -0.2) is 4.39 Å². The number of aromatic nitrogens is 2. The van der Waals surface area contributed by atoms with Gasteiger partial charge in [-0.3, -0.25) is 0 Å². The molecule has 1 aromatic heterocycles. The van der Waals surface area contributed by atoms with Crippen LogP contribution in [0.1, 0.15) is 19.3 Å². The Hall–Kier alpha value is -2.91. The van der Waals surface area contributed by atoms with Gasteiger partial charge < -0.3 is 25.0 Å². The van der Waals surface area contributed by atoms with Gasteiger partial charge in [-0.05, 0) is 68.1 Å². The summed E-state index contributed by atoms with van der Waals surface area (Å²) < 4.78 is 22.8. The van der Waals surface area contributed by atoms with Crippen molar-refractivity contribution in [3.8, 4) is 22.9 Å². The number of benzene rings is 3. The van der Waals surface area contributed by atoms with Gasteiger partial charge in [0.05, 0.1) is 5.02 Å². The monoisotopic (exact) mass is 567 g/mol. The number of likely N-dealkylation sites (tertiary alicyclic amines) is 1. The minimum Gasteiger partial charge on any atom is -0.508 e. The van der Waals surface area contributed by atoms with E-state index < -0.39 is 5.82 Å². The number of rotatable bonds is 5. The largest absolute Gasteiger partial charge is 0.508 e. The van der Waals surface area contributed by atoms with E-state index in [-0.39, 0.29) is 33.9 Å². The number of aromatic hydroxyl groups is 1. The topological polar surface area (TPSA) is 73.8 Å². The predicted octanol–water partition coefficient (Wildman–Crippen LogP) is 5.63. The average Bonchev–Trinajstić information content (AvgIpc) is 3.60. The van der Waals surface area contributed by atoms with Crippen molar-refractivity contribution in [2.75, 3.05) is 38.2 Å². The smallest absolute Gasteiger partial charge is 0.319 e. The van der Waals surface area contributed by atoms with Crippen LogP contribution in [0, 0.1) is 5.82 Å². The summed E-state index contributed by atoms with van der Waals surface area (Å²) in [5.41, 5.74) is 0.669. The van der Waals surface area contributed by atoms with Crippen molar-refractivity contribution >= 4 is 50.7 Å². The predicted molar refractivity (Wildman–Crippen MR) is 153 cm³/mol. The number of ether oxygens (including phenoxy) is 1. The highest BCUT2D eigenvalue weighted by Gasteiger charge is 2.45. The molecular formula is C29H28Cl2FN5O2. The molecule has 3 fully saturated rings. The van der Waals surface area contributed by atoms with E-state index >= 15 is 4.39 Å². The van der Waals surface area contributed by atoms with Crippen LogP contribution < -0.4 is 15.0 Å². The SMILES string of the molecule is CN1CCC[C@H]1COc1nc(N2CCNC3CC32)c2cc(Cl)c(-c3cc(O)cc4cccc(Cl)c34)c(F)c2n1. The van der Waals surface area contributed by atoms with Gasteiger partial charge in [0, 0.05) is 52.6 Å². The summed E-state index contributed by atoms with van der Waals surface area (Å²) in [5.74, 6) is 0.0252. The molecule has 2 N–H and O–H groups in total. The molecule has 4 aromatic rings. The number of anilines is 1. The molecule has 0 radical (unpaired) electrons. The van der Waals surface area contributed by atoms with Crippen molar-refractivity contribution < 1.29 is 14.2 Å². The molecule has 0 bridgehead atoms. The lowest BCUT2D eigenvalue weighted by Gasteiger charge is -2.29. The molecule has 3 aliphatic rings. The summed E-state index contributed by atoms with van der Waals surface area (Å²) >= 11 is 13.4. The van der Waals surface area contributed by atoms with Crippen molar-refractivity contribution in [1.82, 2.24) is 20.2 Å². The Bertz CT molecular complexity index is 1620. The van der Waals surface area contributed by atoms with Crippen LogP contribution in [0.2, 0.25) is 10.0 Å². The molecule has 1 aliphatic carbocycles. The molecule has 3 atom stereocenters. The standard InChI is InChI=1S/C29H28Cl2FN5O2/c1-36-8-3-5-16(36)14-39-29-34-27-19(28(35-29)37-9-7-33-22-13-23(22)37)12-21(31)25(26(27)32)18-11-17(38)10-15-4-2-6-20(30)24(15)18/h2,4,6,10-12,16,22-23,33,38H,3,5,7-9,13-14H2,1H3/t16-,22?,23?/m0/s1. The van der Waals surface area contributed by atoms with Gasteiger partial charge in [-0.1, -0.05) is 35.3 Å². The number of likely N-dealkylation sites (N-methyl/N-ethyl adjacent to an activating group) is 1. The van der Waals surface area contributed by atoms with E-state index in [1.165, 1.54) is 6.07 Å². The van der Waals surface area contributed by atoms with Gasteiger partial charge in [0.25, 0.3) is 0 Å². The summed E-state index contributed by atoms with van der Waals surface area (Å²) in [5, 5.41) is 16.4. The molecule has 3 heterocycles. The number of phenolic OH excluding ortho intramolecular Hbond substituents is 1. The third kappa shape index (κ3) is 4.34. The Kier molecular flexibility index (Phi) is 6.19. The van der Waals surface area contributed by atoms with E-state index in [0.717, 1.165) is 38.9 Å². The van der Waals surface area contributed by atoms with Gasteiger partial charge in [0.1, 0.15) is 23.7 Å². The van der Waals surface area contributed by atoms with Crippen LogP contribution in [0.4, 0.5) is 10.2 Å². The van der Waals surface area contributed by atoms with E-state index in [0.29, 0.717) is 51.3 Å². The third-order valence-electron chi connectivity index (χ3n) is 8.29. The van der Waals surface area contributed by atoms with Gasteiger partial charge in [0.15, 0.2) is 5.82 Å².